The normalized spacial score (nSPS) is 14.8. The number of rotatable bonds is 6. The van der Waals surface area contributed by atoms with Crippen molar-refractivity contribution in [3.05, 3.63) is 28.8 Å². The van der Waals surface area contributed by atoms with E-state index in [1.807, 2.05) is 0 Å². The summed E-state index contributed by atoms with van der Waals surface area (Å²) in [5.74, 6) is -0.113. The van der Waals surface area contributed by atoms with Crippen LogP contribution in [0.1, 0.15) is 24.8 Å². The number of amides is 1. The highest BCUT2D eigenvalue weighted by Gasteiger charge is 2.25. The lowest BCUT2D eigenvalue weighted by molar-refractivity contribution is -0.121. The molecule has 1 amide bonds. The number of hydrogen-bond acceptors (Lipinski definition) is 3. The summed E-state index contributed by atoms with van der Waals surface area (Å²) in [4.78, 5) is 11.7. The second kappa shape index (κ2) is 6.23. The summed E-state index contributed by atoms with van der Waals surface area (Å²) < 4.78 is 25.2. The number of nitrogens with zero attached hydrogens (tertiary/aromatic N) is 1. The van der Waals surface area contributed by atoms with Crippen molar-refractivity contribution in [2.45, 2.75) is 32.2 Å². The van der Waals surface area contributed by atoms with Crippen molar-refractivity contribution in [1.29, 1.82) is 0 Å². The van der Waals surface area contributed by atoms with E-state index >= 15 is 0 Å². The van der Waals surface area contributed by atoms with Crippen molar-refractivity contribution in [2.24, 2.45) is 0 Å². The van der Waals surface area contributed by atoms with Crippen LogP contribution in [0.5, 0.6) is 0 Å². The van der Waals surface area contributed by atoms with Crippen LogP contribution in [-0.4, -0.2) is 33.2 Å². The predicted molar refractivity (Wildman–Crippen MR) is 84.2 cm³/mol. The molecule has 2 rings (SSSR count). The van der Waals surface area contributed by atoms with E-state index in [4.69, 9.17) is 11.6 Å². The van der Waals surface area contributed by atoms with E-state index in [1.165, 1.54) is 4.31 Å². The van der Waals surface area contributed by atoms with Crippen molar-refractivity contribution in [1.82, 2.24) is 5.32 Å². The molecule has 0 saturated heterocycles. The molecule has 0 aliphatic heterocycles. The molecule has 1 aliphatic carbocycles. The van der Waals surface area contributed by atoms with Crippen LogP contribution >= 0.6 is 11.6 Å². The number of nitrogens with one attached hydrogen (secondary N) is 1. The molecule has 0 atom stereocenters. The number of anilines is 1. The number of carbonyl (C=O) groups excluding carboxylic acids is 1. The highest BCUT2D eigenvalue weighted by molar-refractivity contribution is 7.92. The summed E-state index contributed by atoms with van der Waals surface area (Å²) in [6, 6.07) is 5.30. The molecule has 0 bridgehead atoms. The molecule has 7 heteroatoms. The van der Waals surface area contributed by atoms with E-state index in [-0.39, 0.29) is 24.9 Å². The van der Waals surface area contributed by atoms with Crippen LogP contribution in [0.2, 0.25) is 5.02 Å². The minimum absolute atomic E-state index is 0.113. The predicted octanol–water partition coefficient (Wildman–Crippen LogP) is 2.08. The lowest BCUT2D eigenvalue weighted by Gasteiger charge is -2.24. The molecular weight excluding hydrogens is 312 g/mol. The number of hydrogen-bond donors (Lipinski definition) is 1. The van der Waals surface area contributed by atoms with Crippen LogP contribution in [0, 0.1) is 6.92 Å². The second-order valence-corrected chi connectivity index (χ2v) is 7.70. The fourth-order valence-corrected chi connectivity index (χ4v) is 3.31. The van der Waals surface area contributed by atoms with Gasteiger partial charge in [-0.15, -0.1) is 0 Å². The van der Waals surface area contributed by atoms with Gasteiger partial charge in [0.15, 0.2) is 0 Å². The molecule has 0 unspecified atom stereocenters. The van der Waals surface area contributed by atoms with Gasteiger partial charge in [-0.1, -0.05) is 11.6 Å². The van der Waals surface area contributed by atoms with Crippen LogP contribution in [-0.2, 0) is 14.8 Å². The maximum atomic E-state index is 12.0. The third kappa shape index (κ3) is 4.61. The Labute approximate surface area is 130 Å². The highest BCUT2D eigenvalue weighted by Crippen LogP contribution is 2.26. The van der Waals surface area contributed by atoms with E-state index < -0.39 is 10.0 Å². The van der Waals surface area contributed by atoms with Crippen molar-refractivity contribution in [2.75, 3.05) is 17.1 Å². The number of carbonyl (C=O) groups is 1. The minimum Gasteiger partial charge on any atom is -0.353 e. The zero-order valence-electron chi connectivity index (χ0n) is 12.1. The maximum Gasteiger partial charge on any atom is 0.232 e. The molecule has 1 fully saturated rings. The average molecular weight is 331 g/mol. The zero-order chi connectivity index (χ0) is 15.6. The zero-order valence-corrected chi connectivity index (χ0v) is 13.7. The van der Waals surface area contributed by atoms with Gasteiger partial charge >= 0.3 is 0 Å². The Kier molecular flexibility index (Phi) is 4.78. The molecule has 0 heterocycles. The molecule has 0 radical (unpaired) electrons. The van der Waals surface area contributed by atoms with Gasteiger partial charge in [0.05, 0.1) is 11.9 Å². The average Bonchev–Trinajstić information content (AvgIpc) is 3.14. The molecule has 1 aliphatic rings. The van der Waals surface area contributed by atoms with Crippen LogP contribution in [0.15, 0.2) is 18.2 Å². The van der Waals surface area contributed by atoms with Gasteiger partial charge in [0, 0.05) is 24.0 Å². The molecule has 1 aromatic carbocycles. The van der Waals surface area contributed by atoms with Gasteiger partial charge in [-0.05, 0) is 43.5 Å². The molecule has 1 aromatic rings. The fourth-order valence-electron chi connectivity index (χ4n) is 2.09. The first-order valence-electron chi connectivity index (χ1n) is 6.80. The number of halogens is 1. The van der Waals surface area contributed by atoms with Crippen molar-refractivity contribution in [3.63, 3.8) is 0 Å². The number of sulfonamides is 1. The molecule has 116 valence electrons. The Morgan fingerprint density at radius 3 is 2.62 bits per heavy atom. The molecule has 5 nitrogen and oxygen atoms in total. The van der Waals surface area contributed by atoms with Gasteiger partial charge in [0.1, 0.15) is 0 Å². The molecule has 21 heavy (non-hydrogen) atoms. The highest BCUT2D eigenvalue weighted by atomic mass is 35.5. The first kappa shape index (κ1) is 16.1. The number of aryl methyl sites for hydroxylation is 1. The van der Waals surface area contributed by atoms with Crippen LogP contribution in [0.3, 0.4) is 0 Å². The third-order valence-electron chi connectivity index (χ3n) is 3.31. The van der Waals surface area contributed by atoms with Crippen molar-refractivity contribution < 1.29 is 13.2 Å². The minimum atomic E-state index is -3.45. The lowest BCUT2D eigenvalue weighted by Crippen LogP contribution is -2.35. The Morgan fingerprint density at radius 1 is 1.43 bits per heavy atom. The van der Waals surface area contributed by atoms with Crippen LogP contribution < -0.4 is 9.62 Å². The maximum absolute atomic E-state index is 12.0. The fraction of sp³-hybridized carbons (Fsp3) is 0.500. The second-order valence-electron chi connectivity index (χ2n) is 5.36. The van der Waals surface area contributed by atoms with Crippen molar-refractivity contribution in [3.8, 4) is 0 Å². The Morgan fingerprint density at radius 2 is 2.10 bits per heavy atom. The van der Waals surface area contributed by atoms with E-state index in [0.29, 0.717) is 10.7 Å². The largest absolute Gasteiger partial charge is 0.353 e. The van der Waals surface area contributed by atoms with E-state index in [1.54, 1.807) is 25.1 Å². The Balaban J connectivity index is 2.12. The van der Waals surface area contributed by atoms with Gasteiger partial charge in [-0.2, -0.15) is 0 Å². The summed E-state index contributed by atoms with van der Waals surface area (Å²) >= 11 is 5.90. The first-order valence-corrected chi connectivity index (χ1v) is 9.03. The standard InChI is InChI=1S/C14H19ClN2O3S/c1-10-9-11(15)3-6-13(10)17(21(2,19)20)8-7-14(18)16-12-4-5-12/h3,6,9,12H,4-5,7-8H2,1-2H3,(H,16,18). The van der Waals surface area contributed by atoms with Crippen LogP contribution in [0.4, 0.5) is 5.69 Å². The Hall–Kier alpha value is -1.27. The van der Waals surface area contributed by atoms with Crippen LogP contribution in [0.25, 0.3) is 0 Å². The van der Waals surface area contributed by atoms with E-state index in [9.17, 15) is 13.2 Å². The van der Waals surface area contributed by atoms with Crippen molar-refractivity contribution >= 4 is 33.2 Å². The molecule has 1 N–H and O–H groups in total. The first-order chi connectivity index (χ1) is 9.77. The molecule has 1 saturated carbocycles. The smallest absolute Gasteiger partial charge is 0.232 e. The molecule has 0 spiro atoms. The third-order valence-corrected chi connectivity index (χ3v) is 4.73. The van der Waals surface area contributed by atoms with Gasteiger partial charge in [0.25, 0.3) is 0 Å². The topological polar surface area (TPSA) is 66.5 Å². The van der Waals surface area contributed by atoms with E-state index in [0.717, 1.165) is 24.7 Å². The van der Waals surface area contributed by atoms with Gasteiger partial charge in [0.2, 0.25) is 15.9 Å². The lowest BCUT2D eigenvalue weighted by atomic mass is 10.2. The summed E-state index contributed by atoms with van der Waals surface area (Å²) in [6.45, 7) is 1.92. The van der Waals surface area contributed by atoms with Gasteiger partial charge in [-0.25, -0.2) is 8.42 Å². The van der Waals surface area contributed by atoms with Gasteiger partial charge < -0.3 is 5.32 Å². The SMILES string of the molecule is Cc1cc(Cl)ccc1N(CCC(=O)NC1CC1)S(C)(=O)=O. The summed E-state index contributed by atoms with van der Waals surface area (Å²) in [6.07, 6.45) is 3.31. The summed E-state index contributed by atoms with van der Waals surface area (Å²) in [7, 11) is -3.45. The molecular formula is C14H19ClN2O3S. The summed E-state index contributed by atoms with van der Waals surface area (Å²) in [5, 5.41) is 3.41. The molecule has 0 aromatic heterocycles. The van der Waals surface area contributed by atoms with Gasteiger partial charge in [-0.3, -0.25) is 9.10 Å². The Bertz CT molecular complexity index is 642. The monoisotopic (exact) mass is 330 g/mol. The quantitative estimate of drug-likeness (QED) is 0.868. The summed E-state index contributed by atoms with van der Waals surface area (Å²) in [5.41, 5.74) is 1.32. The number of benzene rings is 1. The van der Waals surface area contributed by atoms with E-state index in [2.05, 4.69) is 5.32 Å².